The van der Waals surface area contributed by atoms with Crippen molar-refractivity contribution in [1.29, 1.82) is 0 Å². The van der Waals surface area contributed by atoms with E-state index in [4.69, 9.17) is 0 Å². The Morgan fingerprint density at radius 2 is 1.74 bits per heavy atom. The second kappa shape index (κ2) is 7.77. The molecule has 0 aliphatic heterocycles. The standard InChI is InChI=1S/C11H12N2.C10H12/c1-2-3-4-5-9-6-7-10-8-12-13-11(9)10;1-2-6-10-8-4-3-7-9(10)5-1/h2-6,8H,7H2,1H3,(H,12,13);1-2,5-6H,3-4,7-8H2/b3-2-,5-4-;. The lowest BCUT2D eigenvalue weighted by Gasteiger charge is -2.13. The average Bonchev–Trinajstić information content (AvgIpc) is 3.21. The number of fused-ring (bicyclic) bond motifs is 2. The maximum Gasteiger partial charge on any atom is 0.0682 e. The van der Waals surface area contributed by atoms with E-state index in [0.717, 1.165) is 6.42 Å². The monoisotopic (exact) mass is 304 g/mol. The maximum absolute atomic E-state index is 4.00. The first kappa shape index (κ1) is 15.5. The molecule has 0 radical (unpaired) electrons. The molecule has 1 N–H and O–H groups in total. The summed E-state index contributed by atoms with van der Waals surface area (Å²) in [4.78, 5) is 0. The number of rotatable bonds is 2. The molecular formula is C21H24N2. The second-order valence-electron chi connectivity index (χ2n) is 5.99. The highest BCUT2D eigenvalue weighted by atomic mass is 15.1. The summed E-state index contributed by atoms with van der Waals surface area (Å²) >= 11 is 0. The molecule has 0 saturated carbocycles. The molecule has 2 aliphatic rings. The summed E-state index contributed by atoms with van der Waals surface area (Å²) in [6.45, 7) is 2.01. The summed E-state index contributed by atoms with van der Waals surface area (Å²) < 4.78 is 0. The molecule has 0 fully saturated rings. The minimum Gasteiger partial charge on any atom is -0.278 e. The number of hydrogen-bond acceptors (Lipinski definition) is 1. The third-order valence-electron chi connectivity index (χ3n) is 4.39. The van der Waals surface area contributed by atoms with E-state index in [0.29, 0.717) is 0 Å². The molecule has 1 heterocycles. The number of nitrogens with zero attached hydrogens (tertiary/aromatic N) is 1. The summed E-state index contributed by atoms with van der Waals surface area (Å²) in [5, 5.41) is 7.01. The van der Waals surface area contributed by atoms with E-state index in [-0.39, 0.29) is 0 Å². The number of nitrogens with one attached hydrogen (secondary N) is 1. The number of benzene rings is 1. The fourth-order valence-electron chi connectivity index (χ4n) is 3.14. The lowest BCUT2D eigenvalue weighted by molar-refractivity contribution is 0.685. The lowest BCUT2D eigenvalue weighted by Crippen LogP contribution is -2.00. The predicted molar refractivity (Wildman–Crippen MR) is 97.3 cm³/mol. The van der Waals surface area contributed by atoms with Crippen molar-refractivity contribution in [2.24, 2.45) is 0 Å². The van der Waals surface area contributed by atoms with Crippen LogP contribution >= 0.6 is 0 Å². The molecule has 0 unspecified atom stereocenters. The van der Waals surface area contributed by atoms with Crippen LogP contribution in [0.5, 0.6) is 0 Å². The lowest BCUT2D eigenvalue weighted by atomic mass is 9.92. The van der Waals surface area contributed by atoms with Gasteiger partial charge < -0.3 is 0 Å². The third-order valence-corrected chi connectivity index (χ3v) is 4.39. The number of allylic oxidation sites excluding steroid dienone is 6. The van der Waals surface area contributed by atoms with E-state index in [1.165, 1.54) is 42.5 Å². The zero-order chi connectivity index (χ0) is 15.9. The Bertz CT molecular complexity index is 707. The van der Waals surface area contributed by atoms with E-state index < -0.39 is 0 Å². The molecule has 118 valence electrons. The topological polar surface area (TPSA) is 28.7 Å². The molecule has 2 aliphatic carbocycles. The van der Waals surface area contributed by atoms with Crippen LogP contribution < -0.4 is 0 Å². The Balaban J connectivity index is 0.000000140. The van der Waals surface area contributed by atoms with Crippen molar-refractivity contribution in [3.05, 3.63) is 83.2 Å². The highest BCUT2D eigenvalue weighted by Crippen LogP contribution is 2.25. The molecule has 4 rings (SSSR count). The van der Waals surface area contributed by atoms with Crippen molar-refractivity contribution in [3.63, 3.8) is 0 Å². The Kier molecular flexibility index (Phi) is 5.25. The van der Waals surface area contributed by atoms with Crippen LogP contribution in [0, 0.1) is 0 Å². The zero-order valence-corrected chi connectivity index (χ0v) is 13.8. The van der Waals surface area contributed by atoms with Gasteiger partial charge in [0, 0.05) is 5.56 Å². The average molecular weight is 304 g/mol. The van der Waals surface area contributed by atoms with Gasteiger partial charge in [-0.15, -0.1) is 0 Å². The normalized spacial score (nSPS) is 16.0. The first-order valence-electron chi connectivity index (χ1n) is 8.47. The van der Waals surface area contributed by atoms with Gasteiger partial charge in [-0.05, 0) is 55.7 Å². The van der Waals surface area contributed by atoms with Crippen LogP contribution in [0.15, 0.2) is 60.8 Å². The Morgan fingerprint density at radius 3 is 2.43 bits per heavy atom. The Morgan fingerprint density at radius 1 is 1.00 bits per heavy atom. The van der Waals surface area contributed by atoms with Crippen LogP contribution in [0.4, 0.5) is 0 Å². The summed E-state index contributed by atoms with van der Waals surface area (Å²) in [5.74, 6) is 0. The highest BCUT2D eigenvalue weighted by Gasteiger charge is 2.12. The molecule has 0 atom stereocenters. The molecule has 2 heteroatoms. The van der Waals surface area contributed by atoms with Crippen molar-refractivity contribution < 1.29 is 0 Å². The Hall–Kier alpha value is -2.35. The quantitative estimate of drug-likeness (QED) is 0.773. The van der Waals surface area contributed by atoms with Crippen LogP contribution in [0.1, 0.15) is 42.1 Å². The minimum atomic E-state index is 1.00. The second-order valence-corrected chi connectivity index (χ2v) is 5.99. The van der Waals surface area contributed by atoms with E-state index in [9.17, 15) is 0 Å². The summed E-state index contributed by atoms with van der Waals surface area (Å²) in [6, 6.07) is 8.80. The summed E-state index contributed by atoms with van der Waals surface area (Å²) in [7, 11) is 0. The number of aromatic amines is 1. The van der Waals surface area contributed by atoms with Crippen LogP contribution in [0.2, 0.25) is 0 Å². The molecule has 0 saturated heterocycles. The summed E-state index contributed by atoms with van der Waals surface area (Å²) in [5.41, 5.74) is 6.86. The number of aromatic nitrogens is 2. The van der Waals surface area contributed by atoms with Gasteiger partial charge >= 0.3 is 0 Å². The summed E-state index contributed by atoms with van der Waals surface area (Å²) in [6.07, 6.45) is 18.7. The van der Waals surface area contributed by atoms with Gasteiger partial charge in [0.1, 0.15) is 0 Å². The molecular weight excluding hydrogens is 280 g/mol. The maximum atomic E-state index is 4.00. The van der Waals surface area contributed by atoms with Crippen molar-refractivity contribution in [2.45, 2.75) is 39.0 Å². The van der Waals surface area contributed by atoms with Crippen LogP contribution in [-0.4, -0.2) is 10.2 Å². The molecule has 0 bridgehead atoms. The molecule has 1 aromatic heterocycles. The third kappa shape index (κ3) is 3.89. The van der Waals surface area contributed by atoms with Gasteiger partial charge in [-0.2, -0.15) is 5.10 Å². The van der Waals surface area contributed by atoms with E-state index in [1.807, 2.05) is 31.3 Å². The van der Waals surface area contributed by atoms with Gasteiger partial charge in [-0.3, -0.25) is 5.10 Å². The SMILES string of the molecule is C/C=C\C=C/C1=CCc2cn[nH]c21.c1ccc2c(c1)CCCC2. The van der Waals surface area contributed by atoms with Gasteiger partial charge in [0.25, 0.3) is 0 Å². The first-order valence-corrected chi connectivity index (χ1v) is 8.47. The Labute approximate surface area is 138 Å². The number of H-pyrrole nitrogens is 1. The van der Waals surface area contributed by atoms with Crippen LogP contribution in [0.25, 0.3) is 5.57 Å². The van der Waals surface area contributed by atoms with Crippen molar-refractivity contribution in [3.8, 4) is 0 Å². The molecule has 0 spiro atoms. The van der Waals surface area contributed by atoms with Gasteiger partial charge in [0.15, 0.2) is 0 Å². The smallest absolute Gasteiger partial charge is 0.0682 e. The minimum absolute atomic E-state index is 1.00. The van der Waals surface area contributed by atoms with Crippen LogP contribution in [0.3, 0.4) is 0 Å². The van der Waals surface area contributed by atoms with E-state index in [1.54, 1.807) is 11.1 Å². The molecule has 23 heavy (non-hydrogen) atoms. The molecule has 0 amide bonds. The van der Waals surface area contributed by atoms with E-state index >= 15 is 0 Å². The van der Waals surface area contributed by atoms with Gasteiger partial charge in [0.05, 0.1) is 11.9 Å². The largest absolute Gasteiger partial charge is 0.278 e. The van der Waals surface area contributed by atoms with Gasteiger partial charge in [0.2, 0.25) is 0 Å². The van der Waals surface area contributed by atoms with Gasteiger partial charge in [-0.25, -0.2) is 0 Å². The molecule has 2 nitrogen and oxygen atoms in total. The van der Waals surface area contributed by atoms with Crippen molar-refractivity contribution in [2.75, 3.05) is 0 Å². The zero-order valence-electron chi connectivity index (χ0n) is 13.8. The fourth-order valence-corrected chi connectivity index (χ4v) is 3.14. The molecule has 1 aromatic carbocycles. The first-order chi connectivity index (χ1) is 11.4. The van der Waals surface area contributed by atoms with Crippen molar-refractivity contribution in [1.82, 2.24) is 10.2 Å². The molecule has 2 aromatic rings. The predicted octanol–water partition coefficient (Wildman–Crippen LogP) is 5.05. The highest BCUT2D eigenvalue weighted by molar-refractivity contribution is 5.77. The van der Waals surface area contributed by atoms with Crippen molar-refractivity contribution >= 4 is 5.57 Å². The number of aryl methyl sites for hydroxylation is 2. The van der Waals surface area contributed by atoms with Gasteiger partial charge in [-0.1, -0.05) is 54.6 Å². The number of hydrogen-bond donors (Lipinski definition) is 1. The van der Waals surface area contributed by atoms with E-state index in [2.05, 4.69) is 46.6 Å². The van der Waals surface area contributed by atoms with Crippen LogP contribution in [-0.2, 0) is 19.3 Å². The fraction of sp³-hybridized carbons (Fsp3) is 0.286.